The molecule has 3 N–H and O–H groups in total. The SMILES string of the molecule is CC(C)C(C)C(=O)Nc1ccc(C#N)cc1N. The second-order valence-electron chi connectivity index (χ2n) is 4.44. The fourth-order valence-corrected chi connectivity index (χ4v) is 1.30. The van der Waals surface area contributed by atoms with Crippen molar-refractivity contribution in [1.82, 2.24) is 0 Å². The van der Waals surface area contributed by atoms with Crippen molar-refractivity contribution in [3.05, 3.63) is 23.8 Å². The van der Waals surface area contributed by atoms with Crippen molar-refractivity contribution in [3.63, 3.8) is 0 Å². The molecule has 0 aliphatic carbocycles. The van der Waals surface area contributed by atoms with Gasteiger partial charge in [-0.05, 0) is 24.1 Å². The maximum absolute atomic E-state index is 11.8. The van der Waals surface area contributed by atoms with Crippen LogP contribution >= 0.6 is 0 Å². The minimum atomic E-state index is -0.0787. The van der Waals surface area contributed by atoms with Gasteiger partial charge in [0.05, 0.1) is 23.0 Å². The number of nitriles is 1. The Hall–Kier alpha value is -2.02. The summed E-state index contributed by atoms with van der Waals surface area (Å²) in [6.07, 6.45) is 0. The van der Waals surface area contributed by atoms with E-state index in [-0.39, 0.29) is 17.7 Å². The Balaban J connectivity index is 2.83. The Morgan fingerprint density at radius 2 is 2.06 bits per heavy atom. The summed E-state index contributed by atoms with van der Waals surface area (Å²) in [7, 11) is 0. The number of hydrogen-bond donors (Lipinski definition) is 2. The number of benzene rings is 1. The van der Waals surface area contributed by atoms with Crippen LogP contribution in [0.25, 0.3) is 0 Å². The fraction of sp³-hybridized carbons (Fsp3) is 0.385. The van der Waals surface area contributed by atoms with Crippen molar-refractivity contribution in [3.8, 4) is 6.07 Å². The lowest BCUT2D eigenvalue weighted by Gasteiger charge is -2.16. The number of carbonyl (C=O) groups is 1. The summed E-state index contributed by atoms with van der Waals surface area (Å²) in [6, 6.07) is 6.83. The molecule has 4 nitrogen and oxygen atoms in total. The number of nitrogens with one attached hydrogen (secondary N) is 1. The quantitative estimate of drug-likeness (QED) is 0.784. The van der Waals surface area contributed by atoms with Crippen LogP contribution in [0, 0.1) is 23.2 Å². The average Bonchev–Trinajstić information content (AvgIpc) is 2.30. The molecule has 4 heteroatoms. The number of anilines is 2. The molecule has 0 saturated heterocycles. The van der Waals surface area contributed by atoms with E-state index in [1.807, 2.05) is 26.8 Å². The minimum Gasteiger partial charge on any atom is -0.397 e. The zero-order chi connectivity index (χ0) is 13.0. The zero-order valence-electron chi connectivity index (χ0n) is 10.3. The lowest BCUT2D eigenvalue weighted by molar-refractivity contribution is -0.120. The van der Waals surface area contributed by atoms with Gasteiger partial charge in [0.2, 0.25) is 5.91 Å². The predicted octanol–water partition coefficient (Wildman–Crippen LogP) is 2.37. The molecule has 1 rings (SSSR count). The smallest absolute Gasteiger partial charge is 0.227 e. The second kappa shape index (κ2) is 5.35. The highest BCUT2D eigenvalue weighted by Gasteiger charge is 2.17. The highest BCUT2D eigenvalue weighted by atomic mass is 16.1. The summed E-state index contributed by atoms with van der Waals surface area (Å²) in [6.45, 7) is 5.86. The summed E-state index contributed by atoms with van der Waals surface area (Å²) in [4.78, 5) is 11.8. The molecule has 1 aromatic rings. The van der Waals surface area contributed by atoms with Crippen molar-refractivity contribution in [2.24, 2.45) is 11.8 Å². The van der Waals surface area contributed by atoms with Gasteiger partial charge >= 0.3 is 0 Å². The van der Waals surface area contributed by atoms with E-state index in [0.29, 0.717) is 16.9 Å². The van der Waals surface area contributed by atoms with Crippen LogP contribution < -0.4 is 11.1 Å². The van der Waals surface area contributed by atoms with Gasteiger partial charge in [0.25, 0.3) is 0 Å². The number of nitrogens with zero attached hydrogens (tertiary/aromatic N) is 1. The predicted molar refractivity (Wildman–Crippen MR) is 68.2 cm³/mol. The van der Waals surface area contributed by atoms with Crippen molar-refractivity contribution in [1.29, 1.82) is 5.26 Å². The lowest BCUT2D eigenvalue weighted by atomic mass is 9.97. The summed E-state index contributed by atoms with van der Waals surface area (Å²) in [5.41, 5.74) is 7.21. The van der Waals surface area contributed by atoms with Gasteiger partial charge in [-0.2, -0.15) is 5.26 Å². The maximum atomic E-state index is 11.8. The van der Waals surface area contributed by atoms with Gasteiger partial charge < -0.3 is 11.1 Å². The molecule has 1 amide bonds. The van der Waals surface area contributed by atoms with Crippen molar-refractivity contribution in [2.75, 3.05) is 11.1 Å². The first kappa shape index (κ1) is 13.0. The molecule has 1 unspecified atom stereocenters. The van der Waals surface area contributed by atoms with Gasteiger partial charge in [0, 0.05) is 5.92 Å². The first-order chi connectivity index (χ1) is 7.95. The van der Waals surface area contributed by atoms with Crippen molar-refractivity contribution >= 4 is 17.3 Å². The third kappa shape index (κ3) is 3.22. The highest BCUT2D eigenvalue weighted by Crippen LogP contribution is 2.21. The lowest BCUT2D eigenvalue weighted by Crippen LogP contribution is -2.24. The molecule has 0 spiro atoms. The van der Waals surface area contributed by atoms with E-state index in [4.69, 9.17) is 11.0 Å². The number of nitrogen functional groups attached to an aromatic ring is 1. The highest BCUT2D eigenvalue weighted by molar-refractivity contribution is 5.95. The largest absolute Gasteiger partial charge is 0.397 e. The van der Waals surface area contributed by atoms with E-state index in [1.165, 1.54) is 0 Å². The molecule has 0 aromatic heterocycles. The molecule has 1 atom stereocenters. The zero-order valence-corrected chi connectivity index (χ0v) is 10.3. The third-order valence-electron chi connectivity index (χ3n) is 2.85. The molecule has 0 heterocycles. The molecular formula is C13H17N3O. The van der Waals surface area contributed by atoms with E-state index in [2.05, 4.69) is 5.32 Å². The van der Waals surface area contributed by atoms with Crippen LogP contribution in [-0.4, -0.2) is 5.91 Å². The first-order valence-electron chi connectivity index (χ1n) is 5.56. The standard InChI is InChI=1S/C13H17N3O/c1-8(2)9(3)13(17)16-12-5-4-10(7-14)6-11(12)15/h4-6,8-9H,15H2,1-3H3,(H,16,17). The van der Waals surface area contributed by atoms with Gasteiger partial charge in [-0.25, -0.2) is 0 Å². The molecular weight excluding hydrogens is 214 g/mol. The molecule has 17 heavy (non-hydrogen) atoms. The monoisotopic (exact) mass is 231 g/mol. The maximum Gasteiger partial charge on any atom is 0.227 e. The van der Waals surface area contributed by atoms with Gasteiger partial charge in [0.1, 0.15) is 0 Å². The van der Waals surface area contributed by atoms with Gasteiger partial charge in [-0.1, -0.05) is 20.8 Å². The number of hydrogen-bond acceptors (Lipinski definition) is 3. The first-order valence-corrected chi connectivity index (χ1v) is 5.56. The van der Waals surface area contributed by atoms with Gasteiger partial charge in [0.15, 0.2) is 0 Å². The molecule has 0 aliphatic heterocycles. The van der Waals surface area contributed by atoms with Gasteiger partial charge in [-0.3, -0.25) is 4.79 Å². The molecule has 1 aromatic carbocycles. The number of carbonyl (C=O) groups excluding carboxylic acids is 1. The fourth-order valence-electron chi connectivity index (χ4n) is 1.30. The van der Waals surface area contributed by atoms with E-state index >= 15 is 0 Å². The molecule has 0 radical (unpaired) electrons. The molecule has 0 bridgehead atoms. The van der Waals surface area contributed by atoms with Crippen LogP contribution in [-0.2, 0) is 4.79 Å². The van der Waals surface area contributed by atoms with E-state index in [9.17, 15) is 4.79 Å². The van der Waals surface area contributed by atoms with E-state index in [0.717, 1.165) is 0 Å². The van der Waals surface area contributed by atoms with Crippen LogP contribution in [0.4, 0.5) is 11.4 Å². The normalized spacial score (nSPS) is 11.9. The average molecular weight is 231 g/mol. The Bertz CT molecular complexity index is 460. The summed E-state index contributed by atoms with van der Waals surface area (Å²) >= 11 is 0. The number of amides is 1. The molecule has 0 fully saturated rings. The molecule has 90 valence electrons. The molecule has 0 saturated carbocycles. The molecule has 0 aliphatic rings. The Morgan fingerprint density at radius 1 is 1.41 bits per heavy atom. The Labute approximate surface area is 101 Å². The van der Waals surface area contributed by atoms with Crippen LogP contribution in [0.1, 0.15) is 26.3 Å². The van der Waals surface area contributed by atoms with Crippen LogP contribution in [0.2, 0.25) is 0 Å². The Kier molecular flexibility index (Phi) is 4.11. The third-order valence-corrected chi connectivity index (χ3v) is 2.85. The van der Waals surface area contributed by atoms with Gasteiger partial charge in [-0.15, -0.1) is 0 Å². The van der Waals surface area contributed by atoms with Crippen LogP contribution in [0.3, 0.4) is 0 Å². The summed E-state index contributed by atoms with van der Waals surface area (Å²) in [5, 5.41) is 11.5. The summed E-state index contributed by atoms with van der Waals surface area (Å²) < 4.78 is 0. The minimum absolute atomic E-state index is 0.0589. The second-order valence-corrected chi connectivity index (χ2v) is 4.44. The topological polar surface area (TPSA) is 78.9 Å². The van der Waals surface area contributed by atoms with Crippen molar-refractivity contribution < 1.29 is 4.79 Å². The number of rotatable bonds is 3. The van der Waals surface area contributed by atoms with E-state index < -0.39 is 0 Å². The van der Waals surface area contributed by atoms with Crippen LogP contribution in [0.15, 0.2) is 18.2 Å². The van der Waals surface area contributed by atoms with Crippen molar-refractivity contribution in [2.45, 2.75) is 20.8 Å². The van der Waals surface area contributed by atoms with E-state index in [1.54, 1.807) is 18.2 Å². The summed E-state index contributed by atoms with van der Waals surface area (Å²) in [5.74, 6) is 0.135. The number of nitrogens with two attached hydrogens (primary N) is 1. The van der Waals surface area contributed by atoms with Crippen LogP contribution in [0.5, 0.6) is 0 Å². The Morgan fingerprint density at radius 3 is 2.53 bits per heavy atom.